The Balaban J connectivity index is 2.42. The van der Waals surface area contributed by atoms with E-state index in [1.165, 1.54) is 10.0 Å². The van der Waals surface area contributed by atoms with Gasteiger partial charge in [0, 0.05) is 22.7 Å². The largest absolute Gasteiger partial charge is 0.416 e. The summed E-state index contributed by atoms with van der Waals surface area (Å²) >= 11 is 5.87. The Morgan fingerprint density at radius 1 is 0.862 bits per heavy atom. The first-order valence-electron chi connectivity index (χ1n) is 8.95. The smallest absolute Gasteiger partial charge is 0.267 e. The molecule has 8 heteroatoms. The van der Waals surface area contributed by atoms with Gasteiger partial charge in [-0.05, 0) is 76.2 Å². The van der Waals surface area contributed by atoms with E-state index in [1.807, 2.05) is 0 Å². The highest BCUT2D eigenvalue weighted by molar-refractivity contribution is 6.30. The van der Waals surface area contributed by atoms with Crippen molar-refractivity contribution in [3.63, 3.8) is 0 Å². The van der Waals surface area contributed by atoms with Crippen LogP contribution in [-0.4, -0.2) is 33.9 Å². The van der Waals surface area contributed by atoms with Crippen LogP contribution in [0.2, 0.25) is 5.02 Å². The first-order valence-corrected chi connectivity index (χ1v) is 9.33. The molecule has 2 aromatic rings. The highest BCUT2D eigenvalue weighted by atomic mass is 35.5. The summed E-state index contributed by atoms with van der Waals surface area (Å²) in [6, 6.07) is 10.2. The van der Waals surface area contributed by atoms with Crippen LogP contribution in [0.5, 0.6) is 0 Å². The van der Waals surface area contributed by atoms with E-state index in [-0.39, 0.29) is 12.1 Å². The second-order valence-corrected chi connectivity index (χ2v) is 7.83. The predicted octanol–water partition coefficient (Wildman–Crippen LogP) is 5.68. The van der Waals surface area contributed by atoms with Crippen molar-refractivity contribution in [2.45, 2.75) is 39.4 Å². The molecule has 0 aliphatic carbocycles. The van der Waals surface area contributed by atoms with E-state index in [9.17, 15) is 22.8 Å². The van der Waals surface area contributed by atoms with Crippen molar-refractivity contribution in [1.82, 2.24) is 10.0 Å². The van der Waals surface area contributed by atoms with Crippen LogP contribution in [0.4, 0.5) is 13.2 Å². The fourth-order valence-electron chi connectivity index (χ4n) is 2.82. The number of hydrogen-bond donors (Lipinski definition) is 0. The molecule has 0 spiro atoms. The van der Waals surface area contributed by atoms with E-state index < -0.39 is 29.1 Å². The molecule has 2 amide bonds. The molecule has 0 aromatic heterocycles. The number of amides is 2. The van der Waals surface area contributed by atoms with E-state index in [2.05, 4.69) is 0 Å². The van der Waals surface area contributed by atoms with Crippen LogP contribution in [0.3, 0.4) is 0 Å². The van der Waals surface area contributed by atoms with Gasteiger partial charge >= 0.3 is 6.18 Å². The number of hydrazine groups is 1. The predicted molar refractivity (Wildman–Crippen MR) is 106 cm³/mol. The van der Waals surface area contributed by atoms with Gasteiger partial charge in [-0.25, -0.2) is 10.0 Å². The first kappa shape index (κ1) is 22.7. The maximum atomic E-state index is 13.2. The van der Waals surface area contributed by atoms with Gasteiger partial charge in [0.15, 0.2) is 0 Å². The number of nitrogens with zero attached hydrogens (tertiary/aromatic N) is 2. The van der Waals surface area contributed by atoms with E-state index in [0.29, 0.717) is 10.6 Å². The monoisotopic (exact) mass is 426 g/mol. The lowest BCUT2D eigenvalue weighted by Gasteiger charge is -2.43. The maximum Gasteiger partial charge on any atom is 0.416 e. The van der Waals surface area contributed by atoms with Crippen molar-refractivity contribution in [3.8, 4) is 0 Å². The molecule has 0 radical (unpaired) electrons. The topological polar surface area (TPSA) is 40.6 Å². The Morgan fingerprint density at radius 3 is 1.72 bits per heavy atom. The zero-order chi connectivity index (χ0) is 22.0. The molecular weight excluding hydrogens is 405 g/mol. The highest BCUT2D eigenvalue weighted by Gasteiger charge is 2.36. The van der Waals surface area contributed by atoms with Crippen molar-refractivity contribution in [1.29, 1.82) is 0 Å². The number of rotatable bonds is 3. The Morgan fingerprint density at radius 2 is 1.31 bits per heavy atom. The van der Waals surface area contributed by atoms with Crippen molar-refractivity contribution >= 4 is 23.4 Å². The molecule has 0 atom stereocenters. The second-order valence-electron chi connectivity index (χ2n) is 7.39. The van der Waals surface area contributed by atoms with Crippen molar-refractivity contribution < 1.29 is 22.8 Å². The zero-order valence-corrected chi connectivity index (χ0v) is 17.3. The summed E-state index contributed by atoms with van der Waals surface area (Å²) in [5.41, 5.74) is -1.26. The lowest BCUT2D eigenvalue weighted by atomic mass is 10.0. The Bertz CT molecular complexity index is 873. The van der Waals surface area contributed by atoms with Crippen LogP contribution in [-0.2, 0) is 6.18 Å². The minimum absolute atomic E-state index is 0.0512. The summed E-state index contributed by atoms with van der Waals surface area (Å²) in [6.45, 7) is 7.13. The molecule has 156 valence electrons. The molecule has 0 bridgehead atoms. The Kier molecular flexibility index (Phi) is 6.63. The molecule has 4 nitrogen and oxygen atoms in total. The molecule has 0 saturated carbocycles. The fraction of sp³-hybridized carbons (Fsp3) is 0.333. The molecule has 0 aliphatic rings. The number of hydrogen-bond acceptors (Lipinski definition) is 2. The molecule has 2 rings (SSSR count). The second kappa shape index (κ2) is 8.45. The molecule has 0 N–H and O–H groups in total. The average molecular weight is 427 g/mol. The normalized spacial score (nSPS) is 11.9. The first-order chi connectivity index (χ1) is 13.4. The molecule has 0 saturated heterocycles. The zero-order valence-electron chi connectivity index (χ0n) is 16.5. The summed E-state index contributed by atoms with van der Waals surface area (Å²) in [7, 11) is 0. The molecule has 29 heavy (non-hydrogen) atoms. The third-order valence-electron chi connectivity index (χ3n) is 4.15. The number of halogens is 4. The minimum Gasteiger partial charge on any atom is -0.267 e. The Hall–Kier alpha value is -2.54. The molecule has 0 unspecified atom stereocenters. The summed E-state index contributed by atoms with van der Waals surface area (Å²) < 4.78 is 38.4. The SMILES string of the molecule is CCN(C(=O)c1ccc(Cl)cc1)N(C(=O)c1ccc(C(F)(F)F)cc1)C(C)(C)C. The van der Waals surface area contributed by atoms with E-state index >= 15 is 0 Å². The van der Waals surface area contributed by atoms with Crippen molar-refractivity contribution in [3.05, 3.63) is 70.2 Å². The molecule has 0 heterocycles. The van der Waals surface area contributed by atoms with Crippen LogP contribution in [0, 0.1) is 0 Å². The lowest BCUT2D eigenvalue weighted by molar-refractivity contribution is -0.137. The Labute approximate surface area is 172 Å². The van der Waals surface area contributed by atoms with Crippen molar-refractivity contribution in [2.24, 2.45) is 0 Å². The lowest BCUT2D eigenvalue weighted by Crippen LogP contribution is -2.58. The number of benzene rings is 2. The van der Waals surface area contributed by atoms with Gasteiger partial charge in [-0.3, -0.25) is 9.59 Å². The molecular formula is C21H22ClF3N2O2. The van der Waals surface area contributed by atoms with E-state index in [4.69, 9.17) is 11.6 Å². The fourth-order valence-corrected chi connectivity index (χ4v) is 2.94. The van der Waals surface area contributed by atoms with Gasteiger partial charge < -0.3 is 0 Å². The number of carbonyl (C=O) groups is 2. The van der Waals surface area contributed by atoms with E-state index in [0.717, 1.165) is 24.3 Å². The van der Waals surface area contributed by atoms with Gasteiger partial charge in [0.25, 0.3) is 11.8 Å². The summed E-state index contributed by atoms with van der Waals surface area (Å²) in [6.07, 6.45) is -4.49. The standard InChI is InChI=1S/C21H22ClF3N2O2/c1-5-26(18(28)14-8-12-17(22)13-9-14)27(20(2,3)4)19(29)15-6-10-16(11-7-15)21(23,24)25/h6-13H,5H2,1-4H3. The van der Waals surface area contributed by atoms with Crippen LogP contribution in [0.1, 0.15) is 54.0 Å². The van der Waals surface area contributed by atoms with Gasteiger partial charge in [0.05, 0.1) is 11.1 Å². The molecule has 2 aromatic carbocycles. The van der Waals surface area contributed by atoms with Gasteiger partial charge in [0.2, 0.25) is 0 Å². The molecule has 0 fully saturated rings. The number of carbonyl (C=O) groups excluding carboxylic acids is 2. The van der Waals surface area contributed by atoms with Gasteiger partial charge in [-0.1, -0.05) is 11.6 Å². The minimum atomic E-state index is -4.49. The summed E-state index contributed by atoms with van der Waals surface area (Å²) in [5, 5.41) is 3.02. The van der Waals surface area contributed by atoms with E-state index in [1.54, 1.807) is 52.0 Å². The maximum absolute atomic E-state index is 13.2. The van der Waals surface area contributed by atoms with Crippen LogP contribution < -0.4 is 0 Å². The van der Waals surface area contributed by atoms with Gasteiger partial charge in [0.1, 0.15) is 0 Å². The molecule has 0 aliphatic heterocycles. The van der Waals surface area contributed by atoms with Gasteiger partial charge in [-0.2, -0.15) is 13.2 Å². The summed E-state index contributed by atoms with van der Waals surface area (Å²) in [5.74, 6) is -0.991. The van der Waals surface area contributed by atoms with Crippen LogP contribution in [0.25, 0.3) is 0 Å². The third-order valence-corrected chi connectivity index (χ3v) is 4.41. The van der Waals surface area contributed by atoms with Crippen LogP contribution >= 0.6 is 11.6 Å². The quantitative estimate of drug-likeness (QED) is 0.593. The average Bonchev–Trinajstić information content (AvgIpc) is 2.64. The number of alkyl halides is 3. The van der Waals surface area contributed by atoms with Gasteiger partial charge in [-0.15, -0.1) is 0 Å². The van der Waals surface area contributed by atoms with Crippen LogP contribution in [0.15, 0.2) is 48.5 Å². The third kappa shape index (κ3) is 5.29. The summed E-state index contributed by atoms with van der Waals surface area (Å²) in [4.78, 5) is 26.2. The highest BCUT2D eigenvalue weighted by Crippen LogP contribution is 2.30. The van der Waals surface area contributed by atoms with Crippen molar-refractivity contribution in [2.75, 3.05) is 6.54 Å².